The van der Waals surface area contributed by atoms with Crippen LogP contribution in [0.2, 0.25) is 10.0 Å². The number of carbonyl (C=O) groups is 2. The second-order valence-electron chi connectivity index (χ2n) is 12.3. The van der Waals surface area contributed by atoms with E-state index in [1.54, 1.807) is 24.3 Å². The number of amides is 1. The number of halogens is 2. The van der Waals surface area contributed by atoms with Crippen LogP contribution in [0.1, 0.15) is 50.7 Å². The van der Waals surface area contributed by atoms with Crippen LogP contribution >= 0.6 is 23.2 Å². The van der Waals surface area contributed by atoms with Crippen LogP contribution in [0.3, 0.4) is 0 Å². The van der Waals surface area contributed by atoms with Crippen molar-refractivity contribution in [1.29, 1.82) is 10.5 Å². The molecule has 1 atom stereocenters. The molecule has 1 amide bonds. The van der Waals surface area contributed by atoms with Gasteiger partial charge in [-0.1, -0.05) is 71.7 Å². The van der Waals surface area contributed by atoms with Gasteiger partial charge in [-0.15, -0.1) is 0 Å². The summed E-state index contributed by atoms with van der Waals surface area (Å²) in [6, 6.07) is 29.3. The molecule has 4 aromatic carbocycles. The van der Waals surface area contributed by atoms with Crippen molar-refractivity contribution in [3.05, 3.63) is 128 Å². The molecule has 1 heterocycles. The maximum Gasteiger partial charge on any atom is 0.407 e. The summed E-state index contributed by atoms with van der Waals surface area (Å²) in [6.07, 6.45) is 0.402. The van der Waals surface area contributed by atoms with E-state index >= 15 is 0 Å². The van der Waals surface area contributed by atoms with Gasteiger partial charge in [0.05, 0.1) is 47.0 Å². The van der Waals surface area contributed by atoms with E-state index in [2.05, 4.69) is 4.98 Å². The lowest BCUT2D eigenvalue weighted by atomic mass is 9.94. The van der Waals surface area contributed by atoms with Gasteiger partial charge >= 0.3 is 6.09 Å². The van der Waals surface area contributed by atoms with Gasteiger partial charge in [-0.05, 0) is 77.1 Å². The number of ether oxygens (including phenoxy) is 3. The van der Waals surface area contributed by atoms with Crippen LogP contribution in [0.4, 0.5) is 4.79 Å². The van der Waals surface area contributed by atoms with Crippen molar-refractivity contribution in [2.45, 2.75) is 25.6 Å². The van der Waals surface area contributed by atoms with Crippen molar-refractivity contribution in [2.75, 3.05) is 26.3 Å². The van der Waals surface area contributed by atoms with E-state index < -0.39 is 12.2 Å². The number of benzene rings is 4. The van der Waals surface area contributed by atoms with Crippen LogP contribution in [-0.2, 0) is 13.0 Å². The minimum Gasteiger partial charge on any atom is -0.492 e. The zero-order chi connectivity index (χ0) is 38.2. The summed E-state index contributed by atoms with van der Waals surface area (Å²) in [5.41, 5.74) is 6.84. The number of aliphatic hydroxyl groups is 1. The van der Waals surface area contributed by atoms with Crippen LogP contribution in [-0.4, -0.2) is 58.8 Å². The average molecular weight is 764 g/mol. The minimum absolute atomic E-state index is 0.00307. The maximum atomic E-state index is 11.9. The SMILES string of the molecule is N#Cc1cc(C#N)cc(COc2nc(O[C@H]3CCc4c(-c5cccc(-c6ccc(OCCN(CCO)C(=O)O)cc6)c5Cl)cccc43)c(Cl)cc2C=O)c1. The Kier molecular flexibility index (Phi) is 12.0. The summed E-state index contributed by atoms with van der Waals surface area (Å²) in [6.45, 7) is -0.0459. The van der Waals surface area contributed by atoms with Crippen molar-refractivity contribution < 1.29 is 34.0 Å². The first-order valence-corrected chi connectivity index (χ1v) is 17.6. The Morgan fingerprint density at radius 2 is 1.61 bits per heavy atom. The van der Waals surface area contributed by atoms with Crippen molar-refractivity contribution in [1.82, 2.24) is 9.88 Å². The normalized spacial score (nSPS) is 12.9. The first-order chi connectivity index (χ1) is 26.2. The summed E-state index contributed by atoms with van der Waals surface area (Å²) in [7, 11) is 0. The maximum absolute atomic E-state index is 11.9. The second-order valence-corrected chi connectivity index (χ2v) is 13.1. The molecule has 0 aliphatic heterocycles. The van der Waals surface area contributed by atoms with E-state index in [4.69, 9.17) is 42.5 Å². The number of pyridine rings is 1. The molecule has 1 aliphatic carbocycles. The molecule has 0 saturated carbocycles. The predicted molar refractivity (Wildman–Crippen MR) is 201 cm³/mol. The van der Waals surface area contributed by atoms with Crippen molar-refractivity contribution in [2.24, 2.45) is 0 Å². The number of aldehydes is 1. The predicted octanol–water partition coefficient (Wildman–Crippen LogP) is 8.27. The molecule has 0 fully saturated rings. The highest BCUT2D eigenvalue weighted by atomic mass is 35.5. The van der Waals surface area contributed by atoms with Gasteiger partial charge in [-0.2, -0.15) is 15.5 Å². The number of nitriles is 2. The molecule has 1 aliphatic rings. The van der Waals surface area contributed by atoms with Crippen molar-refractivity contribution in [3.8, 4) is 51.9 Å². The highest BCUT2D eigenvalue weighted by Crippen LogP contribution is 2.44. The Bertz CT molecular complexity index is 2250. The van der Waals surface area contributed by atoms with Crippen LogP contribution in [0.25, 0.3) is 22.3 Å². The van der Waals surface area contributed by atoms with Gasteiger partial charge in [0.15, 0.2) is 6.29 Å². The first kappa shape index (κ1) is 37.6. The molecule has 0 saturated heterocycles. The fourth-order valence-electron chi connectivity index (χ4n) is 6.33. The first-order valence-electron chi connectivity index (χ1n) is 16.8. The number of aromatic nitrogens is 1. The lowest BCUT2D eigenvalue weighted by Crippen LogP contribution is -2.35. The molecule has 6 rings (SSSR count). The minimum atomic E-state index is -1.12. The monoisotopic (exact) mass is 762 g/mol. The number of nitrogens with zero attached hydrogens (tertiary/aromatic N) is 4. The molecular weight excluding hydrogens is 731 g/mol. The number of hydrogen-bond acceptors (Lipinski definition) is 9. The molecule has 1 aromatic heterocycles. The number of rotatable bonds is 14. The molecule has 5 aromatic rings. The quantitative estimate of drug-likeness (QED) is 0.105. The van der Waals surface area contributed by atoms with Crippen LogP contribution in [0, 0.1) is 22.7 Å². The van der Waals surface area contributed by atoms with E-state index in [-0.39, 0.29) is 55.3 Å². The molecule has 54 heavy (non-hydrogen) atoms. The summed E-state index contributed by atoms with van der Waals surface area (Å²) in [5, 5.41) is 37.7. The molecule has 0 bridgehead atoms. The molecule has 0 unspecified atom stereocenters. The van der Waals surface area contributed by atoms with Gasteiger partial charge in [0, 0.05) is 17.7 Å². The third-order valence-electron chi connectivity index (χ3n) is 8.88. The average Bonchev–Trinajstić information content (AvgIpc) is 3.60. The Hall–Kier alpha value is -6.11. The van der Waals surface area contributed by atoms with Crippen LogP contribution in [0.15, 0.2) is 84.9 Å². The van der Waals surface area contributed by atoms with E-state index in [1.165, 1.54) is 12.1 Å². The van der Waals surface area contributed by atoms with Crippen LogP contribution in [0.5, 0.6) is 17.5 Å². The Morgan fingerprint density at radius 3 is 2.30 bits per heavy atom. The zero-order valence-corrected chi connectivity index (χ0v) is 30.2. The van der Waals surface area contributed by atoms with Crippen molar-refractivity contribution in [3.63, 3.8) is 0 Å². The smallest absolute Gasteiger partial charge is 0.407 e. The van der Waals surface area contributed by atoms with E-state index in [0.29, 0.717) is 46.6 Å². The molecule has 11 nitrogen and oxygen atoms in total. The lowest BCUT2D eigenvalue weighted by molar-refractivity contribution is 0.111. The summed E-state index contributed by atoms with van der Waals surface area (Å²) in [4.78, 5) is 28.7. The molecule has 0 spiro atoms. The fourth-order valence-corrected chi connectivity index (χ4v) is 6.87. The lowest BCUT2D eigenvalue weighted by Gasteiger charge is -2.18. The largest absolute Gasteiger partial charge is 0.492 e. The van der Waals surface area contributed by atoms with Gasteiger partial charge in [-0.3, -0.25) is 4.79 Å². The third-order valence-corrected chi connectivity index (χ3v) is 9.56. The van der Waals surface area contributed by atoms with Gasteiger partial charge in [0.25, 0.3) is 0 Å². The number of carboxylic acid groups (broad SMARTS) is 1. The van der Waals surface area contributed by atoms with E-state index in [1.807, 2.05) is 60.7 Å². The van der Waals surface area contributed by atoms with Gasteiger partial charge < -0.3 is 29.3 Å². The van der Waals surface area contributed by atoms with Crippen LogP contribution < -0.4 is 14.2 Å². The van der Waals surface area contributed by atoms with Crippen molar-refractivity contribution >= 4 is 35.6 Å². The summed E-state index contributed by atoms with van der Waals surface area (Å²) >= 11 is 13.6. The number of aliphatic hydroxyl groups excluding tert-OH is 1. The highest BCUT2D eigenvalue weighted by Gasteiger charge is 2.29. The molecule has 272 valence electrons. The van der Waals surface area contributed by atoms with Gasteiger partial charge in [-0.25, -0.2) is 4.79 Å². The summed E-state index contributed by atoms with van der Waals surface area (Å²) < 4.78 is 18.0. The molecular formula is C41H32Cl2N4O7. The topological polar surface area (TPSA) is 166 Å². The number of fused-ring (bicyclic) bond motifs is 1. The van der Waals surface area contributed by atoms with E-state index in [9.17, 15) is 25.2 Å². The number of hydrogen-bond donors (Lipinski definition) is 2. The summed E-state index contributed by atoms with van der Waals surface area (Å²) in [5.74, 6) is 0.671. The fraction of sp³-hybridized carbons (Fsp3) is 0.195. The zero-order valence-electron chi connectivity index (χ0n) is 28.7. The van der Waals surface area contributed by atoms with Gasteiger partial charge in [0.2, 0.25) is 11.8 Å². The number of carbonyl (C=O) groups excluding carboxylic acids is 1. The highest BCUT2D eigenvalue weighted by molar-refractivity contribution is 6.36. The molecule has 0 radical (unpaired) electrons. The molecule has 2 N–H and O–H groups in total. The Morgan fingerprint density at radius 1 is 0.907 bits per heavy atom. The Labute approximate surface area is 321 Å². The van der Waals surface area contributed by atoms with E-state index in [0.717, 1.165) is 38.3 Å². The second kappa shape index (κ2) is 17.1. The van der Waals surface area contributed by atoms with Gasteiger partial charge in [0.1, 0.15) is 30.1 Å². The standard InChI is InChI=1S/C41H32Cl2N4O7/c42-36-20-29(23-49)39(53-24-27-18-25(21-44)17-26(19-27)22-45)46-40(36)54-37-12-11-33-32(4-2-5-34(33)37)35-6-1-3-31(38(35)43)28-7-9-30(10-8-28)52-16-14-47(13-15-48)41(50)51/h1-10,17-20,23,37,48H,11-16,24H2,(H,50,51)/t37-/m0/s1. The third kappa shape index (κ3) is 8.41. The molecule has 13 heteroatoms. The Balaban J connectivity index is 1.19.